The van der Waals surface area contributed by atoms with Crippen LogP contribution in [0.25, 0.3) is 0 Å². The number of hydrogen-bond acceptors (Lipinski definition) is 3. The van der Waals surface area contributed by atoms with Gasteiger partial charge in [-0.3, -0.25) is 4.68 Å². The molecule has 2 aromatic rings. The van der Waals surface area contributed by atoms with Crippen LogP contribution in [0, 0.1) is 0 Å². The topological polar surface area (TPSA) is 44.1 Å². The van der Waals surface area contributed by atoms with Gasteiger partial charge in [-0.25, -0.2) is 4.79 Å². The van der Waals surface area contributed by atoms with Gasteiger partial charge in [0.25, 0.3) is 0 Å². The number of hydrogen-bond donors (Lipinski definition) is 0. The maximum atomic E-state index is 11.6. The molecule has 0 N–H and O–H groups in total. The van der Waals surface area contributed by atoms with Gasteiger partial charge in [-0.2, -0.15) is 5.10 Å². The second kappa shape index (κ2) is 5.82. The molecule has 0 radical (unpaired) electrons. The Morgan fingerprint density at radius 3 is 2.78 bits per heavy atom. The van der Waals surface area contributed by atoms with Crippen molar-refractivity contribution in [3.05, 3.63) is 52.3 Å². The summed E-state index contributed by atoms with van der Waals surface area (Å²) in [4.78, 5) is 11.6. The Morgan fingerprint density at radius 1 is 1.39 bits per heavy atom. The van der Waals surface area contributed by atoms with Gasteiger partial charge in [0, 0.05) is 6.20 Å². The van der Waals surface area contributed by atoms with Crippen molar-refractivity contribution in [3.8, 4) is 0 Å². The third kappa shape index (κ3) is 2.98. The molecule has 0 aliphatic heterocycles. The fourth-order valence-electron chi connectivity index (χ4n) is 1.60. The van der Waals surface area contributed by atoms with Crippen molar-refractivity contribution in [1.82, 2.24) is 9.78 Å². The molecular weight excluding hydrogens is 296 g/mol. The number of rotatable bonds is 4. The van der Waals surface area contributed by atoms with Gasteiger partial charge in [-0.05, 0) is 28.4 Å². The maximum Gasteiger partial charge on any atom is 0.342 e. The van der Waals surface area contributed by atoms with Crippen molar-refractivity contribution < 1.29 is 9.53 Å². The van der Waals surface area contributed by atoms with Gasteiger partial charge in [0.2, 0.25) is 0 Å². The van der Waals surface area contributed by atoms with Gasteiger partial charge in [-0.1, -0.05) is 30.3 Å². The van der Waals surface area contributed by atoms with Gasteiger partial charge in [-0.15, -0.1) is 0 Å². The monoisotopic (exact) mass is 308 g/mol. The maximum absolute atomic E-state index is 11.6. The molecule has 5 heteroatoms. The molecule has 1 aromatic carbocycles. The summed E-state index contributed by atoms with van der Waals surface area (Å²) in [6.07, 6.45) is 1.69. The first kappa shape index (κ1) is 12.8. The highest BCUT2D eigenvalue weighted by molar-refractivity contribution is 9.10. The molecule has 1 heterocycles. The van der Waals surface area contributed by atoms with Crippen LogP contribution in [0.1, 0.15) is 22.8 Å². The zero-order valence-corrected chi connectivity index (χ0v) is 11.6. The zero-order chi connectivity index (χ0) is 13.0. The molecule has 1 aromatic heterocycles. The Morgan fingerprint density at radius 2 is 2.11 bits per heavy atom. The first-order valence-electron chi connectivity index (χ1n) is 5.64. The van der Waals surface area contributed by atoms with E-state index < -0.39 is 0 Å². The standard InChI is InChI=1S/C13H13BrN2O2/c1-2-18-13(17)11-9-16(15-12(11)14)8-10-6-4-3-5-7-10/h3-7,9H,2,8H2,1H3. The van der Waals surface area contributed by atoms with E-state index in [0.717, 1.165) is 5.56 Å². The average molecular weight is 309 g/mol. The SMILES string of the molecule is CCOC(=O)c1cn(Cc2ccccc2)nc1Br. The summed E-state index contributed by atoms with van der Waals surface area (Å²) in [6.45, 7) is 2.76. The number of ether oxygens (including phenoxy) is 1. The Hall–Kier alpha value is -1.62. The Labute approximate surface area is 114 Å². The Kier molecular flexibility index (Phi) is 4.15. The van der Waals surface area contributed by atoms with Crippen molar-refractivity contribution in [2.45, 2.75) is 13.5 Å². The summed E-state index contributed by atoms with van der Waals surface area (Å²) in [6, 6.07) is 9.94. The number of nitrogens with zero attached hydrogens (tertiary/aromatic N) is 2. The smallest absolute Gasteiger partial charge is 0.342 e. The van der Waals surface area contributed by atoms with E-state index in [1.165, 1.54) is 0 Å². The van der Waals surface area contributed by atoms with Crippen molar-refractivity contribution >= 4 is 21.9 Å². The van der Waals surface area contributed by atoms with Crippen molar-refractivity contribution in [3.63, 3.8) is 0 Å². The molecule has 4 nitrogen and oxygen atoms in total. The van der Waals surface area contributed by atoms with Crippen LogP contribution in [-0.2, 0) is 11.3 Å². The molecule has 0 saturated carbocycles. The van der Waals surface area contributed by atoms with Gasteiger partial charge in [0.05, 0.1) is 13.2 Å². The minimum Gasteiger partial charge on any atom is -0.462 e. The van der Waals surface area contributed by atoms with E-state index in [0.29, 0.717) is 23.3 Å². The van der Waals surface area contributed by atoms with Crippen molar-refractivity contribution in [2.75, 3.05) is 6.61 Å². The first-order valence-corrected chi connectivity index (χ1v) is 6.44. The highest BCUT2D eigenvalue weighted by atomic mass is 79.9. The fraction of sp³-hybridized carbons (Fsp3) is 0.231. The molecule has 94 valence electrons. The summed E-state index contributed by atoms with van der Waals surface area (Å²) in [5.41, 5.74) is 1.58. The lowest BCUT2D eigenvalue weighted by atomic mass is 10.2. The second-order valence-electron chi connectivity index (χ2n) is 3.74. The van der Waals surface area contributed by atoms with E-state index in [2.05, 4.69) is 21.0 Å². The summed E-state index contributed by atoms with van der Waals surface area (Å²) < 4.78 is 7.17. The number of benzene rings is 1. The summed E-state index contributed by atoms with van der Waals surface area (Å²) >= 11 is 3.27. The van der Waals surface area contributed by atoms with Crippen LogP contribution in [0.4, 0.5) is 0 Å². The highest BCUT2D eigenvalue weighted by Gasteiger charge is 2.15. The molecule has 0 spiro atoms. The van der Waals surface area contributed by atoms with Crippen LogP contribution < -0.4 is 0 Å². The first-order chi connectivity index (χ1) is 8.70. The van der Waals surface area contributed by atoms with Crippen LogP contribution in [0.15, 0.2) is 41.1 Å². The zero-order valence-electron chi connectivity index (χ0n) is 9.97. The van der Waals surface area contributed by atoms with E-state index in [4.69, 9.17) is 4.74 Å². The van der Waals surface area contributed by atoms with Gasteiger partial charge >= 0.3 is 5.97 Å². The molecule has 0 bridgehead atoms. The number of halogens is 1. The van der Waals surface area contributed by atoms with E-state index in [-0.39, 0.29) is 5.97 Å². The third-order valence-electron chi connectivity index (χ3n) is 2.40. The lowest BCUT2D eigenvalue weighted by Crippen LogP contribution is -2.04. The minimum atomic E-state index is -0.358. The van der Waals surface area contributed by atoms with Crippen LogP contribution in [0.2, 0.25) is 0 Å². The van der Waals surface area contributed by atoms with E-state index >= 15 is 0 Å². The quantitative estimate of drug-likeness (QED) is 0.816. The number of aromatic nitrogens is 2. The van der Waals surface area contributed by atoms with Crippen molar-refractivity contribution in [1.29, 1.82) is 0 Å². The van der Waals surface area contributed by atoms with E-state index in [1.807, 2.05) is 30.3 Å². The highest BCUT2D eigenvalue weighted by Crippen LogP contribution is 2.16. The van der Waals surface area contributed by atoms with Gasteiger partial charge in [0.15, 0.2) is 0 Å². The fourth-order valence-corrected chi connectivity index (χ4v) is 2.06. The van der Waals surface area contributed by atoms with Gasteiger partial charge in [0.1, 0.15) is 10.2 Å². The van der Waals surface area contributed by atoms with E-state index in [9.17, 15) is 4.79 Å². The molecule has 0 saturated heterocycles. The Bertz CT molecular complexity index is 537. The molecule has 0 atom stereocenters. The van der Waals surface area contributed by atoms with Crippen LogP contribution in [-0.4, -0.2) is 22.4 Å². The molecule has 0 fully saturated rings. The molecule has 2 rings (SSSR count). The van der Waals surface area contributed by atoms with Crippen LogP contribution >= 0.6 is 15.9 Å². The summed E-state index contributed by atoms with van der Waals surface area (Å²) in [5, 5.41) is 4.24. The predicted molar refractivity (Wildman–Crippen MR) is 71.4 cm³/mol. The Balaban J connectivity index is 2.16. The summed E-state index contributed by atoms with van der Waals surface area (Å²) in [5.74, 6) is -0.358. The minimum absolute atomic E-state index is 0.356. The normalized spacial score (nSPS) is 10.3. The summed E-state index contributed by atoms with van der Waals surface area (Å²) in [7, 11) is 0. The second-order valence-corrected chi connectivity index (χ2v) is 4.49. The number of esters is 1. The third-order valence-corrected chi connectivity index (χ3v) is 2.99. The molecule has 0 aliphatic rings. The number of carbonyl (C=O) groups is 1. The van der Waals surface area contributed by atoms with Crippen LogP contribution in [0.3, 0.4) is 0 Å². The lowest BCUT2D eigenvalue weighted by Gasteiger charge is -2.00. The number of carbonyl (C=O) groups excluding carboxylic acids is 1. The lowest BCUT2D eigenvalue weighted by molar-refractivity contribution is 0.0525. The molecule has 18 heavy (non-hydrogen) atoms. The van der Waals surface area contributed by atoms with Crippen molar-refractivity contribution in [2.24, 2.45) is 0 Å². The molecule has 0 aliphatic carbocycles. The van der Waals surface area contributed by atoms with Gasteiger partial charge < -0.3 is 4.74 Å². The van der Waals surface area contributed by atoms with E-state index in [1.54, 1.807) is 17.8 Å². The molecule has 0 amide bonds. The molecule has 0 unspecified atom stereocenters. The average Bonchev–Trinajstić information content (AvgIpc) is 2.72. The molecular formula is C13H13BrN2O2. The largest absolute Gasteiger partial charge is 0.462 e. The predicted octanol–water partition coefficient (Wildman–Crippen LogP) is 2.87. The van der Waals surface area contributed by atoms with Crippen LogP contribution in [0.5, 0.6) is 0 Å².